The van der Waals surface area contributed by atoms with Crippen LogP contribution in [0, 0.1) is 0 Å². The van der Waals surface area contributed by atoms with Crippen LogP contribution < -0.4 is 20.9 Å². The second-order valence-electron chi connectivity index (χ2n) is 10.8. The molecule has 244 valence electrons. The van der Waals surface area contributed by atoms with Crippen molar-refractivity contribution in [2.45, 2.75) is 41.6 Å². The number of hydrogen-bond donors (Lipinski definition) is 3. The predicted octanol–water partition coefficient (Wildman–Crippen LogP) is 6.56. The first-order chi connectivity index (χ1) is 23.0. The minimum atomic E-state index is -4.49. The van der Waals surface area contributed by atoms with Gasteiger partial charge in [0.2, 0.25) is 0 Å². The number of hydrogen-bond acceptors (Lipinski definition) is 11. The molecular weight excluding hydrogens is 645 g/mol. The summed E-state index contributed by atoms with van der Waals surface area (Å²) in [7, 11) is 0. The highest BCUT2D eigenvalue weighted by molar-refractivity contribution is 8.00. The number of thioether (sulfide) groups is 1. The largest absolute Gasteiger partial charge is 0.446 e. The Hall–Kier alpha value is -5.64. The molecular formula is C32H27F3N10O2S. The van der Waals surface area contributed by atoms with Crippen molar-refractivity contribution in [3.05, 3.63) is 109 Å². The third-order valence-corrected chi connectivity index (χ3v) is 8.71. The van der Waals surface area contributed by atoms with E-state index in [1.165, 1.54) is 49.1 Å². The van der Waals surface area contributed by atoms with Gasteiger partial charge < -0.3 is 16.0 Å². The summed E-state index contributed by atoms with van der Waals surface area (Å²) in [5, 5.41) is 9.16. The topological polar surface area (TPSA) is 151 Å². The van der Waals surface area contributed by atoms with Crippen LogP contribution in [-0.4, -0.2) is 52.9 Å². The van der Waals surface area contributed by atoms with E-state index in [0.29, 0.717) is 34.4 Å². The fraction of sp³-hybridized carbons (Fsp3) is 0.188. The van der Waals surface area contributed by atoms with Gasteiger partial charge in [0.25, 0.3) is 5.91 Å². The molecule has 3 amide bonds. The van der Waals surface area contributed by atoms with Crippen LogP contribution in [0.2, 0.25) is 0 Å². The number of halogens is 3. The quantitative estimate of drug-likeness (QED) is 0.109. The van der Waals surface area contributed by atoms with Crippen molar-refractivity contribution in [3.8, 4) is 0 Å². The van der Waals surface area contributed by atoms with E-state index in [2.05, 4.69) is 45.9 Å². The van der Waals surface area contributed by atoms with Crippen molar-refractivity contribution >= 4 is 52.7 Å². The Morgan fingerprint density at radius 1 is 0.729 bits per heavy atom. The van der Waals surface area contributed by atoms with Crippen LogP contribution in [-0.2, 0) is 4.79 Å². The van der Waals surface area contributed by atoms with E-state index in [9.17, 15) is 22.8 Å². The van der Waals surface area contributed by atoms with Gasteiger partial charge in [-0.25, -0.2) is 29.6 Å². The van der Waals surface area contributed by atoms with Crippen LogP contribution in [0.5, 0.6) is 0 Å². The number of carbonyl (C=O) groups is 2. The van der Waals surface area contributed by atoms with E-state index in [-0.39, 0.29) is 22.3 Å². The number of benzene rings is 1. The first-order valence-electron chi connectivity index (χ1n) is 14.5. The lowest BCUT2D eigenvalue weighted by Gasteiger charge is -2.39. The monoisotopic (exact) mass is 672 g/mol. The number of anilines is 5. The summed E-state index contributed by atoms with van der Waals surface area (Å²) in [6, 6.07) is 11.4. The molecule has 0 spiro atoms. The molecule has 48 heavy (non-hydrogen) atoms. The summed E-state index contributed by atoms with van der Waals surface area (Å²) in [6.07, 6.45) is 12.4. The number of imide groups is 1. The molecule has 1 fully saturated rings. The Labute approximate surface area is 276 Å². The number of carbonyl (C=O) groups excluding carboxylic acids is 2. The summed E-state index contributed by atoms with van der Waals surface area (Å²) in [5.41, 5.74) is -4.58. The molecule has 16 heteroatoms. The van der Waals surface area contributed by atoms with Gasteiger partial charge in [-0.3, -0.25) is 14.8 Å². The third-order valence-electron chi connectivity index (χ3n) is 7.97. The molecule has 0 radical (unpaired) electrons. The second kappa shape index (κ2) is 13.2. The number of nitrogens with zero attached hydrogens (tertiary/aromatic N) is 7. The highest BCUT2D eigenvalue weighted by Gasteiger charge is 2.58. The fourth-order valence-electron chi connectivity index (χ4n) is 5.64. The van der Waals surface area contributed by atoms with Gasteiger partial charge in [-0.1, -0.05) is 13.8 Å². The lowest BCUT2D eigenvalue weighted by Crippen LogP contribution is -2.55. The highest BCUT2D eigenvalue weighted by atomic mass is 32.2. The number of alkyl halides is 3. The minimum Gasteiger partial charge on any atom is -0.324 e. The Bertz CT molecular complexity index is 1830. The first kappa shape index (κ1) is 32.3. The Morgan fingerprint density at radius 2 is 1.23 bits per heavy atom. The van der Waals surface area contributed by atoms with Gasteiger partial charge in [0.1, 0.15) is 28.8 Å². The smallest absolute Gasteiger partial charge is 0.324 e. The van der Waals surface area contributed by atoms with Crippen molar-refractivity contribution < 1.29 is 22.8 Å². The van der Waals surface area contributed by atoms with Gasteiger partial charge in [0.05, 0.1) is 18.1 Å². The Kier molecular flexibility index (Phi) is 8.90. The van der Waals surface area contributed by atoms with E-state index < -0.39 is 34.8 Å². The molecule has 5 aromatic rings. The van der Waals surface area contributed by atoms with Gasteiger partial charge in [0.15, 0.2) is 0 Å². The zero-order valence-corrected chi connectivity index (χ0v) is 26.2. The lowest BCUT2D eigenvalue weighted by atomic mass is 9.70. The average Bonchev–Trinajstić information content (AvgIpc) is 3.35. The number of pyridine rings is 2. The molecule has 4 aromatic heterocycles. The molecule has 1 aliphatic rings. The molecule has 12 nitrogen and oxygen atoms in total. The summed E-state index contributed by atoms with van der Waals surface area (Å²) in [6.45, 7) is 3.64. The van der Waals surface area contributed by atoms with E-state index in [1.54, 1.807) is 49.1 Å². The highest BCUT2D eigenvalue weighted by Crippen LogP contribution is 2.46. The number of nitrogens with one attached hydrogen (secondary N) is 3. The van der Waals surface area contributed by atoms with Crippen LogP contribution in [0.25, 0.3) is 0 Å². The summed E-state index contributed by atoms with van der Waals surface area (Å²) < 4.78 is 38.9. The summed E-state index contributed by atoms with van der Waals surface area (Å²) >= 11 is -0.283. The van der Waals surface area contributed by atoms with Gasteiger partial charge in [-0.05, 0) is 71.4 Å². The normalized spacial score (nSPS) is 17.5. The van der Waals surface area contributed by atoms with E-state index in [1.807, 2.05) is 13.8 Å². The number of rotatable bonds is 10. The van der Waals surface area contributed by atoms with E-state index >= 15 is 0 Å². The molecule has 0 saturated carbocycles. The van der Waals surface area contributed by atoms with Crippen LogP contribution >= 0.6 is 11.8 Å². The third kappa shape index (κ3) is 6.73. The van der Waals surface area contributed by atoms with Crippen molar-refractivity contribution in [2.75, 3.05) is 15.5 Å². The summed E-state index contributed by atoms with van der Waals surface area (Å²) in [5.74, 6) is -0.0818. The molecule has 0 bridgehead atoms. The lowest BCUT2D eigenvalue weighted by molar-refractivity contribution is -0.123. The molecule has 1 saturated heterocycles. The molecule has 1 aromatic carbocycles. The van der Waals surface area contributed by atoms with Crippen LogP contribution in [0.1, 0.15) is 36.8 Å². The standard InChI is InChI=1S/C32H27F3N10O2S/c1-19(21-7-9-38-25(15-21)42-27-17-36-11-13-40-27)31(20(2)22-8-10-39-26(16-22)43-28-18-37-12-14-41-28)29(46)45(30(47)44-31)23-3-5-24(6-4-23)48-32(33,34)35/h3-20H,1-2H3,(H,44,47)(H,38,40,42)(H,39,41,43). The van der Waals surface area contributed by atoms with Gasteiger partial charge in [-0.2, -0.15) is 13.2 Å². The zero-order chi connectivity index (χ0) is 33.9. The maximum atomic E-state index is 14.7. The SMILES string of the molecule is CC(c1ccnc(Nc2cnccn2)c1)C1(C(C)c2ccnc(Nc3cnccn3)c2)NC(=O)N(c2ccc(SC(F)(F)F)cc2)C1=O. The van der Waals surface area contributed by atoms with E-state index in [4.69, 9.17) is 0 Å². The number of amides is 3. The summed E-state index contributed by atoms with van der Waals surface area (Å²) in [4.78, 5) is 54.6. The van der Waals surface area contributed by atoms with Crippen LogP contribution in [0.4, 0.5) is 46.9 Å². The predicted molar refractivity (Wildman–Crippen MR) is 173 cm³/mol. The maximum absolute atomic E-state index is 14.7. The Balaban J connectivity index is 1.39. The van der Waals surface area contributed by atoms with E-state index in [0.717, 1.165) is 4.90 Å². The van der Waals surface area contributed by atoms with Crippen LogP contribution in [0.3, 0.4) is 0 Å². The van der Waals surface area contributed by atoms with Gasteiger partial charge in [0, 0.05) is 53.9 Å². The van der Waals surface area contributed by atoms with Crippen LogP contribution in [0.15, 0.2) is 103 Å². The molecule has 0 aliphatic carbocycles. The molecule has 2 unspecified atom stereocenters. The Morgan fingerprint density at radius 3 is 1.69 bits per heavy atom. The fourth-order valence-corrected chi connectivity index (χ4v) is 6.18. The molecule has 2 atom stereocenters. The van der Waals surface area contributed by atoms with Crippen molar-refractivity contribution in [1.29, 1.82) is 0 Å². The first-order valence-corrected chi connectivity index (χ1v) is 15.4. The minimum absolute atomic E-state index is 0.0776. The van der Waals surface area contributed by atoms with Crippen molar-refractivity contribution in [3.63, 3.8) is 0 Å². The number of aromatic nitrogens is 6. The number of urea groups is 1. The molecule has 3 N–H and O–H groups in total. The van der Waals surface area contributed by atoms with Gasteiger partial charge in [-0.15, -0.1) is 0 Å². The molecule has 6 rings (SSSR count). The van der Waals surface area contributed by atoms with Crippen molar-refractivity contribution in [2.24, 2.45) is 0 Å². The van der Waals surface area contributed by atoms with Crippen molar-refractivity contribution in [1.82, 2.24) is 35.2 Å². The van der Waals surface area contributed by atoms with Gasteiger partial charge >= 0.3 is 11.5 Å². The maximum Gasteiger partial charge on any atom is 0.446 e. The zero-order valence-electron chi connectivity index (χ0n) is 25.4. The molecule has 1 aliphatic heterocycles. The molecule has 5 heterocycles. The second-order valence-corrected chi connectivity index (χ2v) is 11.9. The average molecular weight is 673 g/mol.